The Morgan fingerprint density at radius 1 is 1.33 bits per heavy atom. The van der Waals surface area contributed by atoms with Crippen molar-refractivity contribution in [2.75, 3.05) is 39.8 Å². The zero-order valence-electron chi connectivity index (χ0n) is 9.99. The molecule has 0 aromatic carbocycles. The molecule has 1 aliphatic heterocycles. The van der Waals surface area contributed by atoms with Crippen molar-refractivity contribution in [3.05, 3.63) is 0 Å². The smallest absolute Gasteiger partial charge is 0.0108 e. The molecule has 0 unspecified atom stereocenters. The molecule has 0 spiro atoms. The molecule has 2 aliphatic rings. The van der Waals surface area contributed by atoms with Crippen LogP contribution in [0, 0.1) is 5.92 Å². The summed E-state index contributed by atoms with van der Waals surface area (Å²) in [6.07, 6.45) is 5.60. The van der Waals surface area contributed by atoms with Gasteiger partial charge in [0, 0.05) is 32.2 Å². The van der Waals surface area contributed by atoms with Crippen molar-refractivity contribution in [3.8, 4) is 0 Å². The van der Waals surface area contributed by atoms with Crippen LogP contribution in [0.5, 0.6) is 0 Å². The van der Waals surface area contributed by atoms with E-state index >= 15 is 0 Å². The van der Waals surface area contributed by atoms with E-state index in [-0.39, 0.29) is 0 Å². The second-order valence-electron chi connectivity index (χ2n) is 5.29. The van der Waals surface area contributed by atoms with Crippen molar-refractivity contribution >= 4 is 0 Å². The predicted molar refractivity (Wildman–Crippen MR) is 63.9 cm³/mol. The highest BCUT2D eigenvalue weighted by Crippen LogP contribution is 2.28. The molecule has 15 heavy (non-hydrogen) atoms. The van der Waals surface area contributed by atoms with Gasteiger partial charge in [-0.05, 0) is 45.2 Å². The van der Waals surface area contributed by atoms with E-state index in [0.717, 1.165) is 25.0 Å². The summed E-state index contributed by atoms with van der Waals surface area (Å²) in [4.78, 5) is 5.10. The Bertz CT molecular complexity index is 191. The molecule has 1 saturated carbocycles. The number of piperidine rings is 1. The van der Waals surface area contributed by atoms with Gasteiger partial charge in [0.05, 0.1) is 0 Å². The first-order valence-electron chi connectivity index (χ1n) is 6.42. The van der Waals surface area contributed by atoms with Crippen molar-refractivity contribution in [1.82, 2.24) is 9.80 Å². The summed E-state index contributed by atoms with van der Waals surface area (Å²) in [6.45, 7) is 5.78. The average molecular weight is 211 g/mol. The van der Waals surface area contributed by atoms with Gasteiger partial charge in [-0.25, -0.2) is 0 Å². The van der Waals surface area contributed by atoms with Crippen LogP contribution in [-0.2, 0) is 0 Å². The van der Waals surface area contributed by atoms with Gasteiger partial charge in [-0.3, -0.25) is 4.90 Å². The lowest BCUT2D eigenvalue weighted by Crippen LogP contribution is -2.41. The predicted octanol–water partition coefficient (Wildman–Crippen LogP) is 0.751. The van der Waals surface area contributed by atoms with E-state index in [4.69, 9.17) is 5.73 Å². The highest BCUT2D eigenvalue weighted by atomic mass is 15.2. The molecule has 3 heteroatoms. The first-order chi connectivity index (χ1) is 7.29. The van der Waals surface area contributed by atoms with Crippen molar-refractivity contribution < 1.29 is 0 Å². The first-order valence-corrected chi connectivity index (χ1v) is 6.42. The molecular formula is C12H25N3. The maximum Gasteiger partial charge on any atom is 0.0108 e. The lowest BCUT2D eigenvalue weighted by Gasteiger charge is -2.33. The summed E-state index contributed by atoms with van der Waals surface area (Å²) >= 11 is 0. The largest absolute Gasteiger partial charge is 0.329 e. The van der Waals surface area contributed by atoms with Crippen LogP contribution in [-0.4, -0.2) is 55.6 Å². The fraction of sp³-hybridized carbons (Fsp3) is 1.00. The Balaban J connectivity index is 1.77. The molecule has 2 fully saturated rings. The van der Waals surface area contributed by atoms with Gasteiger partial charge in [0.1, 0.15) is 0 Å². The lowest BCUT2D eigenvalue weighted by molar-refractivity contribution is 0.149. The zero-order valence-corrected chi connectivity index (χ0v) is 9.99. The van der Waals surface area contributed by atoms with Crippen molar-refractivity contribution in [2.45, 2.75) is 31.7 Å². The van der Waals surface area contributed by atoms with E-state index in [1.165, 1.54) is 45.3 Å². The Morgan fingerprint density at radius 3 is 2.73 bits per heavy atom. The molecule has 1 saturated heterocycles. The molecule has 0 amide bonds. The molecule has 3 nitrogen and oxygen atoms in total. The van der Waals surface area contributed by atoms with Crippen molar-refractivity contribution in [3.63, 3.8) is 0 Å². The zero-order chi connectivity index (χ0) is 10.7. The first kappa shape index (κ1) is 11.4. The maximum atomic E-state index is 5.68. The second-order valence-corrected chi connectivity index (χ2v) is 5.29. The van der Waals surface area contributed by atoms with Gasteiger partial charge in [-0.15, -0.1) is 0 Å². The number of nitrogens with zero attached hydrogens (tertiary/aromatic N) is 2. The van der Waals surface area contributed by atoms with Crippen LogP contribution in [0.1, 0.15) is 25.7 Å². The molecule has 0 bridgehead atoms. The summed E-state index contributed by atoms with van der Waals surface area (Å²) < 4.78 is 0. The summed E-state index contributed by atoms with van der Waals surface area (Å²) in [6, 6.07) is 0.876. The van der Waals surface area contributed by atoms with Crippen LogP contribution >= 0.6 is 0 Å². The maximum absolute atomic E-state index is 5.68. The van der Waals surface area contributed by atoms with Crippen LogP contribution in [0.4, 0.5) is 0 Å². The van der Waals surface area contributed by atoms with Crippen molar-refractivity contribution in [2.24, 2.45) is 11.7 Å². The Kier molecular flexibility index (Phi) is 4.00. The normalized spacial score (nSPS) is 28.6. The Morgan fingerprint density at radius 2 is 2.13 bits per heavy atom. The van der Waals surface area contributed by atoms with Crippen LogP contribution in [0.15, 0.2) is 0 Å². The van der Waals surface area contributed by atoms with E-state index in [1.54, 1.807) is 0 Å². The highest BCUT2D eigenvalue weighted by molar-refractivity contribution is 4.86. The number of hydrogen-bond acceptors (Lipinski definition) is 3. The van der Waals surface area contributed by atoms with E-state index in [9.17, 15) is 0 Å². The van der Waals surface area contributed by atoms with Gasteiger partial charge in [-0.2, -0.15) is 0 Å². The molecule has 88 valence electrons. The fourth-order valence-corrected chi connectivity index (χ4v) is 2.78. The molecular weight excluding hydrogens is 186 g/mol. The average Bonchev–Trinajstić information content (AvgIpc) is 3.00. The van der Waals surface area contributed by atoms with E-state index < -0.39 is 0 Å². The standard InChI is InChI=1S/C12H25N3/c1-14-7-2-3-11(9-14)10-15(8-6-13)12-4-5-12/h11-12H,2-10,13H2,1H3/t11-/m0/s1. The summed E-state index contributed by atoms with van der Waals surface area (Å²) in [7, 11) is 2.25. The highest BCUT2D eigenvalue weighted by Gasteiger charge is 2.30. The Labute approximate surface area is 93.6 Å². The monoisotopic (exact) mass is 211 g/mol. The topological polar surface area (TPSA) is 32.5 Å². The molecule has 0 aromatic rings. The molecule has 2 N–H and O–H groups in total. The molecule has 1 heterocycles. The summed E-state index contributed by atoms with van der Waals surface area (Å²) in [5, 5.41) is 0. The van der Waals surface area contributed by atoms with E-state index in [2.05, 4.69) is 16.8 Å². The molecule has 2 rings (SSSR count). The molecule has 0 radical (unpaired) electrons. The van der Waals surface area contributed by atoms with Gasteiger partial charge in [0.25, 0.3) is 0 Å². The number of hydrogen-bond donors (Lipinski definition) is 1. The minimum atomic E-state index is 0.819. The summed E-state index contributed by atoms with van der Waals surface area (Å²) in [5.74, 6) is 0.885. The van der Waals surface area contributed by atoms with Crippen molar-refractivity contribution in [1.29, 1.82) is 0 Å². The van der Waals surface area contributed by atoms with Crippen LogP contribution < -0.4 is 5.73 Å². The van der Waals surface area contributed by atoms with Crippen LogP contribution in [0.25, 0.3) is 0 Å². The minimum Gasteiger partial charge on any atom is -0.329 e. The second kappa shape index (κ2) is 5.28. The number of likely N-dealkylation sites (tertiary alicyclic amines) is 1. The van der Waals surface area contributed by atoms with Gasteiger partial charge in [0.15, 0.2) is 0 Å². The summed E-state index contributed by atoms with van der Waals surface area (Å²) in [5.41, 5.74) is 5.68. The quantitative estimate of drug-likeness (QED) is 0.728. The Hall–Kier alpha value is -0.120. The fourth-order valence-electron chi connectivity index (χ4n) is 2.78. The third kappa shape index (κ3) is 3.44. The van der Waals surface area contributed by atoms with Gasteiger partial charge in [-0.1, -0.05) is 0 Å². The number of nitrogens with two attached hydrogens (primary N) is 1. The third-order valence-corrected chi connectivity index (χ3v) is 3.69. The van der Waals surface area contributed by atoms with E-state index in [0.29, 0.717) is 0 Å². The minimum absolute atomic E-state index is 0.819. The SMILES string of the molecule is CN1CCC[C@H](CN(CCN)C2CC2)C1. The third-order valence-electron chi connectivity index (χ3n) is 3.69. The van der Waals surface area contributed by atoms with E-state index in [1.807, 2.05) is 0 Å². The van der Waals surface area contributed by atoms with Gasteiger partial charge >= 0.3 is 0 Å². The van der Waals surface area contributed by atoms with Crippen LogP contribution in [0.2, 0.25) is 0 Å². The molecule has 1 aliphatic carbocycles. The molecule has 1 atom stereocenters. The molecule has 0 aromatic heterocycles. The van der Waals surface area contributed by atoms with Crippen LogP contribution in [0.3, 0.4) is 0 Å². The number of rotatable bonds is 5. The van der Waals surface area contributed by atoms with Gasteiger partial charge < -0.3 is 10.6 Å². The van der Waals surface area contributed by atoms with Gasteiger partial charge in [0.2, 0.25) is 0 Å². The lowest BCUT2D eigenvalue weighted by atomic mass is 9.98.